The molecule has 3 rings (SSSR count). The first-order chi connectivity index (χ1) is 14.7. The number of carbonyl (C=O) groups excluding carboxylic acids is 3. The second kappa shape index (κ2) is 9.81. The Labute approximate surface area is 183 Å². The van der Waals surface area contributed by atoms with Crippen LogP contribution < -0.4 is 16.0 Å². The normalized spacial score (nSPS) is 18.8. The molecule has 1 aliphatic rings. The van der Waals surface area contributed by atoms with Crippen molar-refractivity contribution in [3.63, 3.8) is 0 Å². The maximum atomic E-state index is 12.5. The van der Waals surface area contributed by atoms with E-state index in [-0.39, 0.29) is 35.2 Å². The Kier molecular flexibility index (Phi) is 7.15. The molecule has 3 N–H and O–H groups in total. The number of nitrogens with one attached hydrogen (secondary N) is 3. The summed E-state index contributed by atoms with van der Waals surface area (Å²) in [6, 6.07) is 10.1. The fourth-order valence-electron chi connectivity index (χ4n) is 4.00. The van der Waals surface area contributed by atoms with Crippen LogP contribution in [-0.4, -0.2) is 23.8 Å². The molecule has 0 spiro atoms. The lowest BCUT2D eigenvalue weighted by Gasteiger charge is -2.37. The predicted octanol–water partition coefficient (Wildman–Crippen LogP) is 3.87. The first kappa shape index (κ1) is 22.6. The molecule has 3 amide bonds. The number of hydrogen-bond donors (Lipinski definition) is 3. The lowest BCUT2D eigenvalue weighted by Crippen LogP contribution is -2.44. The summed E-state index contributed by atoms with van der Waals surface area (Å²) in [4.78, 5) is 37.4. The lowest BCUT2D eigenvalue weighted by atomic mass is 9.71. The number of para-hydroxylation sites is 1. The van der Waals surface area contributed by atoms with Gasteiger partial charge in [0.2, 0.25) is 0 Å². The van der Waals surface area contributed by atoms with E-state index in [2.05, 4.69) is 36.7 Å². The van der Waals surface area contributed by atoms with Crippen molar-refractivity contribution in [1.29, 1.82) is 0 Å². The third kappa shape index (κ3) is 6.20. The van der Waals surface area contributed by atoms with Crippen LogP contribution in [0.15, 0.2) is 47.1 Å². The van der Waals surface area contributed by atoms with Gasteiger partial charge in [-0.2, -0.15) is 0 Å². The molecular weight excluding hydrogens is 394 g/mol. The van der Waals surface area contributed by atoms with Crippen LogP contribution in [-0.2, 0) is 16.1 Å². The number of anilines is 1. The standard InChI is InChI=1S/C24H31N3O4/c1-24(2,3)16-10-12-17(13-11-16)26-22(29)23(30)27-20-9-5-4-8-19(20)21(28)25-15-18-7-6-14-31-18/h4-9,14,16-17H,10-13,15H2,1-3H3,(H,25,28)(H,26,29)(H,27,30). The molecule has 1 heterocycles. The minimum absolute atomic E-state index is 0.00342. The highest BCUT2D eigenvalue weighted by Crippen LogP contribution is 2.37. The van der Waals surface area contributed by atoms with Crippen molar-refractivity contribution in [2.75, 3.05) is 5.32 Å². The Morgan fingerprint density at radius 2 is 1.68 bits per heavy atom. The molecule has 1 fully saturated rings. The molecule has 0 bridgehead atoms. The maximum absolute atomic E-state index is 12.5. The van der Waals surface area contributed by atoms with E-state index >= 15 is 0 Å². The molecular formula is C24H31N3O4. The summed E-state index contributed by atoms with van der Waals surface area (Å²) in [6.45, 7) is 6.95. The summed E-state index contributed by atoms with van der Waals surface area (Å²) in [6.07, 6.45) is 5.34. The van der Waals surface area contributed by atoms with Crippen molar-refractivity contribution in [2.24, 2.45) is 11.3 Å². The van der Waals surface area contributed by atoms with Crippen LogP contribution >= 0.6 is 0 Å². The summed E-state index contributed by atoms with van der Waals surface area (Å²) in [7, 11) is 0. The highest BCUT2D eigenvalue weighted by atomic mass is 16.3. The smallest absolute Gasteiger partial charge is 0.313 e. The number of furan rings is 1. The first-order valence-electron chi connectivity index (χ1n) is 10.8. The average molecular weight is 426 g/mol. The van der Waals surface area contributed by atoms with Gasteiger partial charge in [-0.05, 0) is 61.3 Å². The van der Waals surface area contributed by atoms with E-state index in [4.69, 9.17) is 4.42 Å². The molecule has 1 aromatic carbocycles. The molecule has 1 aromatic heterocycles. The first-order valence-corrected chi connectivity index (χ1v) is 10.8. The molecule has 31 heavy (non-hydrogen) atoms. The average Bonchev–Trinajstić information content (AvgIpc) is 3.26. The van der Waals surface area contributed by atoms with E-state index < -0.39 is 11.8 Å². The van der Waals surface area contributed by atoms with E-state index in [1.807, 2.05) is 0 Å². The summed E-state index contributed by atoms with van der Waals surface area (Å²) < 4.78 is 5.21. The van der Waals surface area contributed by atoms with Gasteiger partial charge in [0.05, 0.1) is 24.1 Å². The van der Waals surface area contributed by atoms with Gasteiger partial charge in [0.15, 0.2) is 0 Å². The van der Waals surface area contributed by atoms with Crippen LogP contribution in [0.4, 0.5) is 5.69 Å². The van der Waals surface area contributed by atoms with Gasteiger partial charge >= 0.3 is 11.8 Å². The minimum Gasteiger partial charge on any atom is -0.467 e. The second-order valence-electron chi connectivity index (χ2n) is 9.15. The number of benzene rings is 1. The number of amides is 3. The van der Waals surface area contributed by atoms with Crippen LogP contribution in [0.1, 0.15) is 62.6 Å². The van der Waals surface area contributed by atoms with E-state index in [1.54, 1.807) is 36.4 Å². The van der Waals surface area contributed by atoms with Crippen LogP contribution in [0.2, 0.25) is 0 Å². The van der Waals surface area contributed by atoms with Gasteiger partial charge in [-0.25, -0.2) is 0 Å². The molecule has 0 aliphatic heterocycles. The van der Waals surface area contributed by atoms with Crippen molar-refractivity contribution >= 4 is 23.4 Å². The molecule has 7 heteroatoms. The third-order valence-electron chi connectivity index (χ3n) is 5.92. The molecule has 0 atom stereocenters. The van der Waals surface area contributed by atoms with Gasteiger partial charge in [0, 0.05) is 6.04 Å². The fourth-order valence-corrected chi connectivity index (χ4v) is 4.00. The highest BCUT2D eigenvalue weighted by molar-refractivity contribution is 6.40. The van der Waals surface area contributed by atoms with Crippen molar-refractivity contribution < 1.29 is 18.8 Å². The van der Waals surface area contributed by atoms with Crippen LogP contribution in [0, 0.1) is 11.3 Å². The van der Waals surface area contributed by atoms with Gasteiger partial charge in [-0.15, -0.1) is 0 Å². The van der Waals surface area contributed by atoms with Crippen molar-refractivity contribution in [1.82, 2.24) is 10.6 Å². The quantitative estimate of drug-likeness (QED) is 0.633. The second-order valence-corrected chi connectivity index (χ2v) is 9.15. The van der Waals surface area contributed by atoms with Crippen molar-refractivity contribution in [2.45, 2.75) is 59.0 Å². The van der Waals surface area contributed by atoms with E-state index in [0.29, 0.717) is 11.7 Å². The zero-order chi connectivity index (χ0) is 22.4. The zero-order valence-electron chi connectivity index (χ0n) is 18.4. The van der Waals surface area contributed by atoms with Gasteiger partial charge < -0.3 is 20.4 Å². The predicted molar refractivity (Wildman–Crippen MR) is 118 cm³/mol. The maximum Gasteiger partial charge on any atom is 0.313 e. The Bertz CT molecular complexity index is 907. The van der Waals surface area contributed by atoms with Gasteiger partial charge in [-0.1, -0.05) is 32.9 Å². The molecule has 0 saturated heterocycles. The fraction of sp³-hybridized carbons (Fsp3) is 0.458. The Hall–Kier alpha value is -3.09. The van der Waals surface area contributed by atoms with E-state index in [0.717, 1.165) is 25.7 Å². The SMILES string of the molecule is CC(C)(C)C1CCC(NC(=O)C(=O)Nc2ccccc2C(=O)NCc2ccco2)CC1. The van der Waals surface area contributed by atoms with E-state index in [1.165, 1.54) is 6.26 Å². The van der Waals surface area contributed by atoms with E-state index in [9.17, 15) is 14.4 Å². The van der Waals surface area contributed by atoms with Gasteiger partial charge in [-0.3, -0.25) is 14.4 Å². The molecule has 0 unspecified atom stereocenters. The minimum atomic E-state index is -0.774. The molecule has 166 valence electrons. The summed E-state index contributed by atoms with van der Waals surface area (Å²) >= 11 is 0. The molecule has 1 aliphatic carbocycles. The van der Waals surface area contributed by atoms with Gasteiger partial charge in [0.1, 0.15) is 5.76 Å². The molecule has 7 nitrogen and oxygen atoms in total. The molecule has 1 saturated carbocycles. The largest absolute Gasteiger partial charge is 0.467 e. The number of carbonyl (C=O) groups is 3. The molecule has 2 aromatic rings. The lowest BCUT2D eigenvalue weighted by molar-refractivity contribution is -0.136. The number of rotatable bonds is 5. The van der Waals surface area contributed by atoms with Crippen molar-refractivity contribution in [3.8, 4) is 0 Å². The Balaban J connectivity index is 1.54. The summed E-state index contributed by atoms with van der Waals surface area (Å²) in [5.41, 5.74) is 0.824. The monoisotopic (exact) mass is 425 g/mol. The van der Waals surface area contributed by atoms with Crippen molar-refractivity contribution in [3.05, 3.63) is 54.0 Å². The van der Waals surface area contributed by atoms with Gasteiger partial charge in [0.25, 0.3) is 5.91 Å². The number of hydrogen-bond acceptors (Lipinski definition) is 4. The Morgan fingerprint density at radius 3 is 2.32 bits per heavy atom. The zero-order valence-corrected chi connectivity index (χ0v) is 18.4. The highest BCUT2D eigenvalue weighted by Gasteiger charge is 2.31. The third-order valence-corrected chi connectivity index (χ3v) is 5.92. The topological polar surface area (TPSA) is 100 Å². The van der Waals surface area contributed by atoms with Crippen LogP contribution in [0.25, 0.3) is 0 Å². The summed E-state index contributed by atoms with van der Waals surface area (Å²) in [5.74, 6) is -0.570. The van der Waals surface area contributed by atoms with Crippen LogP contribution in [0.5, 0.6) is 0 Å². The summed E-state index contributed by atoms with van der Waals surface area (Å²) in [5, 5.41) is 8.15. The van der Waals surface area contributed by atoms with Crippen LogP contribution in [0.3, 0.4) is 0 Å². The Morgan fingerprint density at radius 1 is 0.968 bits per heavy atom. The molecule has 0 radical (unpaired) electrons.